The van der Waals surface area contributed by atoms with Gasteiger partial charge >= 0.3 is 17.9 Å². The van der Waals surface area contributed by atoms with Gasteiger partial charge in [-0.25, -0.2) is 9.18 Å². The molecule has 4 atom stereocenters. The second kappa shape index (κ2) is 7.87. The Labute approximate surface area is 137 Å². The maximum absolute atomic E-state index is 14.4. The van der Waals surface area contributed by atoms with Gasteiger partial charge in [-0.05, 0) is 12.1 Å². The third kappa shape index (κ3) is 4.51. The highest BCUT2D eigenvalue weighted by molar-refractivity contribution is 5.89. The average molecular weight is 340 g/mol. The van der Waals surface area contributed by atoms with Gasteiger partial charge in [0.2, 0.25) is 0 Å². The van der Waals surface area contributed by atoms with Crippen LogP contribution in [0.4, 0.5) is 4.39 Å². The lowest BCUT2D eigenvalue weighted by Gasteiger charge is -2.15. The van der Waals surface area contributed by atoms with E-state index in [-0.39, 0.29) is 5.56 Å². The predicted molar refractivity (Wildman–Crippen MR) is 78.3 cm³/mol. The number of aliphatic carboxylic acids is 2. The molecule has 0 amide bonds. The van der Waals surface area contributed by atoms with Crippen LogP contribution < -0.4 is 0 Å². The molecular formula is C16H17FO7. The van der Waals surface area contributed by atoms with E-state index in [9.17, 15) is 18.8 Å². The SMILES string of the molecule is O=C(O)CC1O[C@H](COC(=O)c2ccccc2)[C@@H](F)[C@H]1CC(=O)O. The summed E-state index contributed by atoms with van der Waals surface area (Å²) in [6.45, 7) is -0.416. The summed E-state index contributed by atoms with van der Waals surface area (Å²) in [7, 11) is 0. The van der Waals surface area contributed by atoms with E-state index in [1.165, 1.54) is 12.1 Å². The van der Waals surface area contributed by atoms with E-state index in [0.29, 0.717) is 0 Å². The molecule has 24 heavy (non-hydrogen) atoms. The molecule has 1 heterocycles. The Morgan fingerprint density at radius 2 is 1.67 bits per heavy atom. The standard InChI is InChI=1S/C16H17FO7/c17-15-10(6-13(18)19)11(7-14(20)21)24-12(15)8-23-16(22)9-4-2-1-3-5-9/h1-5,10-12,15H,6-8H2,(H,18,19)(H,20,21)/t10-,11?,12+,15-/m0/s1. The van der Waals surface area contributed by atoms with Crippen molar-refractivity contribution in [2.24, 2.45) is 5.92 Å². The first-order chi connectivity index (χ1) is 11.4. The number of esters is 1. The summed E-state index contributed by atoms with van der Waals surface area (Å²) in [5.41, 5.74) is 0.287. The van der Waals surface area contributed by atoms with Crippen molar-refractivity contribution >= 4 is 17.9 Å². The summed E-state index contributed by atoms with van der Waals surface area (Å²) in [5, 5.41) is 17.7. The van der Waals surface area contributed by atoms with Gasteiger partial charge in [-0.1, -0.05) is 18.2 Å². The van der Waals surface area contributed by atoms with Crippen molar-refractivity contribution < 1.29 is 38.5 Å². The van der Waals surface area contributed by atoms with Gasteiger partial charge in [-0.3, -0.25) is 9.59 Å². The summed E-state index contributed by atoms with van der Waals surface area (Å²) in [4.78, 5) is 33.5. The Morgan fingerprint density at radius 1 is 1.04 bits per heavy atom. The zero-order valence-electron chi connectivity index (χ0n) is 12.6. The van der Waals surface area contributed by atoms with Crippen molar-refractivity contribution in [1.29, 1.82) is 0 Å². The highest BCUT2D eigenvalue weighted by atomic mass is 19.1. The predicted octanol–water partition coefficient (Wildman–Crippen LogP) is 1.51. The molecule has 7 nitrogen and oxygen atoms in total. The van der Waals surface area contributed by atoms with Crippen molar-refractivity contribution in [3.63, 3.8) is 0 Å². The molecule has 0 radical (unpaired) electrons. The van der Waals surface area contributed by atoms with E-state index in [4.69, 9.17) is 19.7 Å². The van der Waals surface area contributed by atoms with Crippen molar-refractivity contribution in [1.82, 2.24) is 0 Å². The van der Waals surface area contributed by atoms with E-state index >= 15 is 0 Å². The van der Waals surface area contributed by atoms with Crippen molar-refractivity contribution in [2.75, 3.05) is 6.61 Å². The number of rotatable bonds is 7. The fraction of sp³-hybridized carbons (Fsp3) is 0.438. The second-order valence-electron chi connectivity index (χ2n) is 5.48. The van der Waals surface area contributed by atoms with Crippen LogP contribution in [0.1, 0.15) is 23.2 Å². The fourth-order valence-corrected chi connectivity index (χ4v) is 2.65. The molecule has 0 aliphatic carbocycles. The van der Waals surface area contributed by atoms with Crippen LogP contribution in [0.25, 0.3) is 0 Å². The highest BCUT2D eigenvalue weighted by Crippen LogP contribution is 2.34. The van der Waals surface area contributed by atoms with Gasteiger partial charge < -0.3 is 19.7 Å². The van der Waals surface area contributed by atoms with E-state index < -0.39 is 61.7 Å². The first-order valence-electron chi connectivity index (χ1n) is 7.33. The van der Waals surface area contributed by atoms with E-state index in [1.54, 1.807) is 18.2 Å². The van der Waals surface area contributed by atoms with E-state index in [2.05, 4.69) is 0 Å². The van der Waals surface area contributed by atoms with Gasteiger partial charge in [0.1, 0.15) is 18.9 Å². The first kappa shape index (κ1) is 17.9. The molecule has 1 fully saturated rings. The monoisotopic (exact) mass is 340 g/mol. The number of hydrogen-bond donors (Lipinski definition) is 2. The quantitative estimate of drug-likeness (QED) is 0.724. The Bertz CT molecular complexity index is 604. The van der Waals surface area contributed by atoms with Crippen LogP contribution in [0, 0.1) is 5.92 Å². The Kier molecular flexibility index (Phi) is 5.86. The number of hydrogen-bond acceptors (Lipinski definition) is 5. The first-order valence-corrected chi connectivity index (χ1v) is 7.33. The third-order valence-corrected chi connectivity index (χ3v) is 3.77. The molecule has 0 spiro atoms. The molecule has 0 saturated carbocycles. The molecule has 1 aromatic rings. The molecule has 1 unspecified atom stereocenters. The number of halogens is 1. The van der Waals surface area contributed by atoms with Gasteiger partial charge in [0, 0.05) is 5.92 Å². The summed E-state index contributed by atoms with van der Waals surface area (Å²) >= 11 is 0. The number of alkyl halides is 1. The second-order valence-corrected chi connectivity index (χ2v) is 5.48. The molecule has 8 heteroatoms. The van der Waals surface area contributed by atoms with Crippen LogP contribution in [-0.4, -0.2) is 53.1 Å². The zero-order valence-corrected chi connectivity index (χ0v) is 12.6. The van der Waals surface area contributed by atoms with Gasteiger partial charge in [0.15, 0.2) is 0 Å². The number of carbonyl (C=O) groups excluding carboxylic acids is 1. The van der Waals surface area contributed by atoms with Crippen molar-refractivity contribution in [3.05, 3.63) is 35.9 Å². The topological polar surface area (TPSA) is 110 Å². The lowest BCUT2D eigenvalue weighted by Crippen LogP contribution is -2.29. The number of carbonyl (C=O) groups is 3. The molecule has 1 saturated heterocycles. The normalized spacial score (nSPS) is 26.0. The molecule has 1 aromatic carbocycles. The largest absolute Gasteiger partial charge is 0.481 e. The number of carboxylic acids is 2. The summed E-state index contributed by atoms with van der Waals surface area (Å²) in [5.74, 6) is -4.23. The maximum Gasteiger partial charge on any atom is 0.338 e. The third-order valence-electron chi connectivity index (χ3n) is 3.77. The zero-order chi connectivity index (χ0) is 17.7. The van der Waals surface area contributed by atoms with Crippen molar-refractivity contribution in [3.8, 4) is 0 Å². The minimum absolute atomic E-state index is 0.287. The number of ether oxygens (including phenoxy) is 2. The van der Waals surface area contributed by atoms with Crippen LogP contribution >= 0.6 is 0 Å². The van der Waals surface area contributed by atoms with E-state index in [1.807, 2.05) is 0 Å². The lowest BCUT2D eigenvalue weighted by molar-refractivity contribution is -0.143. The van der Waals surface area contributed by atoms with Crippen LogP contribution in [0.2, 0.25) is 0 Å². The summed E-state index contributed by atoms with van der Waals surface area (Å²) in [6.07, 6.45) is -5.06. The highest BCUT2D eigenvalue weighted by Gasteiger charge is 2.47. The lowest BCUT2D eigenvalue weighted by atomic mass is 9.92. The fourth-order valence-electron chi connectivity index (χ4n) is 2.65. The Hall–Kier alpha value is -2.48. The van der Waals surface area contributed by atoms with Gasteiger partial charge in [0.05, 0.1) is 24.5 Å². The van der Waals surface area contributed by atoms with Gasteiger partial charge in [-0.2, -0.15) is 0 Å². The minimum Gasteiger partial charge on any atom is -0.481 e. The molecule has 1 aliphatic heterocycles. The molecule has 2 N–H and O–H groups in total. The molecule has 130 valence electrons. The Balaban J connectivity index is 1.98. The molecule has 0 aromatic heterocycles. The summed E-state index contributed by atoms with van der Waals surface area (Å²) in [6, 6.07) is 8.08. The minimum atomic E-state index is -1.73. The number of carboxylic acid groups (broad SMARTS) is 2. The van der Waals surface area contributed by atoms with Crippen LogP contribution in [0.3, 0.4) is 0 Å². The maximum atomic E-state index is 14.4. The smallest absolute Gasteiger partial charge is 0.338 e. The molecule has 0 bridgehead atoms. The molecule has 2 rings (SSSR count). The van der Waals surface area contributed by atoms with Crippen LogP contribution in [0.15, 0.2) is 30.3 Å². The Morgan fingerprint density at radius 3 is 2.25 bits per heavy atom. The van der Waals surface area contributed by atoms with Gasteiger partial charge in [0.25, 0.3) is 0 Å². The van der Waals surface area contributed by atoms with Gasteiger partial charge in [-0.15, -0.1) is 0 Å². The van der Waals surface area contributed by atoms with Crippen molar-refractivity contribution in [2.45, 2.75) is 31.2 Å². The van der Waals surface area contributed by atoms with Crippen LogP contribution in [0.5, 0.6) is 0 Å². The average Bonchev–Trinajstić information content (AvgIpc) is 2.81. The number of benzene rings is 1. The van der Waals surface area contributed by atoms with Crippen LogP contribution in [-0.2, 0) is 19.1 Å². The molecular weight excluding hydrogens is 323 g/mol. The van der Waals surface area contributed by atoms with E-state index in [0.717, 1.165) is 0 Å². The molecule has 1 aliphatic rings. The summed E-state index contributed by atoms with van der Waals surface area (Å²) < 4.78 is 24.7.